The number of fused-ring (bicyclic) bond motifs is 2. The summed E-state index contributed by atoms with van der Waals surface area (Å²) in [5, 5.41) is 2.60. The van der Waals surface area contributed by atoms with Crippen molar-refractivity contribution in [1.29, 1.82) is 0 Å². The number of allylic oxidation sites excluding steroid dienone is 4. The Morgan fingerprint density at radius 3 is 2.22 bits per heavy atom. The molecule has 0 radical (unpaired) electrons. The highest BCUT2D eigenvalue weighted by molar-refractivity contribution is 6.23. The first kappa shape index (κ1) is 35.3. The molecule has 0 aromatic carbocycles. The van der Waals surface area contributed by atoms with Crippen LogP contribution in [-0.4, -0.2) is 86.3 Å². The lowest BCUT2D eigenvalue weighted by Crippen LogP contribution is -2.43. The molecule has 2 bridgehead atoms. The van der Waals surface area contributed by atoms with E-state index < -0.39 is 54.2 Å². The summed E-state index contributed by atoms with van der Waals surface area (Å²) in [7, 11) is 2.89. The molecule has 2 unspecified atom stereocenters. The third kappa shape index (κ3) is 8.92. The lowest BCUT2D eigenvalue weighted by atomic mass is 9.84. The molecule has 5 N–H and O–H groups in total. The highest BCUT2D eigenvalue weighted by Crippen LogP contribution is 2.32. The molecule has 0 aromatic rings. The zero-order valence-corrected chi connectivity index (χ0v) is 26.7. The Morgan fingerprint density at radius 1 is 1.00 bits per heavy atom. The number of carbonyl (C=O) groups is 5. The minimum atomic E-state index is -1.03. The smallest absolute Gasteiger partial charge is 0.405 e. The summed E-state index contributed by atoms with van der Waals surface area (Å²) < 4.78 is 22.3. The normalized spacial score (nSPS) is 31.8. The van der Waals surface area contributed by atoms with Gasteiger partial charge in [-0.3, -0.25) is 14.4 Å². The van der Waals surface area contributed by atoms with Crippen LogP contribution in [0.5, 0.6) is 0 Å². The lowest BCUT2D eigenvalue weighted by molar-refractivity contribution is -0.120. The van der Waals surface area contributed by atoms with E-state index in [1.807, 2.05) is 11.8 Å². The van der Waals surface area contributed by atoms with E-state index >= 15 is 0 Å². The van der Waals surface area contributed by atoms with Crippen molar-refractivity contribution in [1.82, 2.24) is 10.2 Å². The van der Waals surface area contributed by atoms with E-state index in [1.54, 1.807) is 39.0 Å². The molecule has 2 heterocycles. The Hall–Kier alpha value is -4.23. The molecule has 3 rings (SSSR count). The van der Waals surface area contributed by atoms with Crippen LogP contribution < -0.4 is 16.8 Å². The van der Waals surface area contributed by atoms with Crippen molar-refractivity contribution in [3.8, 4) is 0 Å². The first-order valence-corrected chi connectivity index (χ1v) is 14.9. The van der Waals surface area contributed by atoms with Crippen molar-refractivity contribution >= 4 is 29.7 Å². The number of primary amides is 2. The van der Waals surface area contributed by atoms with Gasteiger partial charge in [0.25, 0.3) is 5.91 Å². The summed E-state index contributed by atoms with van der Waals surface area (Å²) in [6.45, 7) is 8.26. The van der Waals surface area contributed by atoms with Crippen LogP contribution in [0.3, 0.4) is 0 Å². The first-order chi connectivity index (χ1) is 21.3. The van der Waals surface area contributed by atoms with E-state index in [0.29, 0.717) is 36.4 Å². The second kappa shape index (κ2) is 15.7. The first-order valence-electron chi connectivity index (χ1n) is 14.9. The average molecular weight is 629 g/mol. The monoisotopic (exact) mass is 628 g/mol. The number of amides is 3. The van der Waals surface area contributed by atoms with Gasteiger partial charge in [0.05, 0.1) is 17.5 Å². The molecular formula is C32H44N4O9. The number of Topliss-reactive ketones (excluding diaryl/α,β-unsaturated/α-hetero) is 1. The van der Waals surface area contributed by atoms with E-state index in [9.17, 15) is 24.0 Å². The van der Waals surface area contributed by atoms with Crippen LogP contribution in [0.4, 0.5) is 9.59 Å². The van der Waals surface area contributed by atoms with Gasteiger partial charge in [-0.15, -0.1) is 0 Å². The molecule has 13 heteroatoms. The maximum Gasteiger partial charge on any atom is 0.405 e. The molecule has 246 valence electrons. The number of methoxy groups -OCH3 is 2. The van der Waals surface area contributed by atoms with Crippen molar-refractivity contribution in [2.75, 3.05) is 27.3 Å². The Kier molecular flexibility index (Phi) is 12.3. The molecule has 6 atom stereocenters. The number of hydrogen-bond donors (Lipinski definition) is 3. The van der Waals surface area contributed by atoms with Crippen LogP contribution in [0, 0.1) is 11.8 Å². The molecule has 45 heavy (non-hydrogen) atoms. The van der Waals surface area contributed by atoms with Gasteiger partial charge in [-0.1, -0.05) is 38.2 Å². The van der Waals surface area contributed by atoms with Gasteiger partial charge in [0, 0.05) is 50.4 Å². The van der Waals surface area contributed by atoms with Gasteiger partial charge in [0.15, 0.2) is 6.10 Å². The lowest BCUT2D eigenvalue weighted by Gasteiger charge is -2.37. The van der Waals surface area contributed by atoms with Crippen molar-refractivity contribution in [3.63, 3.8) is 0 Å². The van der Waals surface area contributed by atoms with Gasteiger partial charge < -0.3 is 40.6 Å². The maximum atomic E-state index is 13.8. The molecule has 1 aliphatic carbocycles. The summed E-state index contributed by atoms with van der Waals surface area (Å²) in [5.74, 6) is -2.09. The summed E-state index contributed by atoms with van der Waals surface area (Å²) >= 11 is 0. The number of likely N-dealkylation sites (tertiary alicyclic amines) is 1. The molecule has 2 aliphatic heterocycles. The molecule has 0 saturated carbocycles. The van der Waals surface area contributed by atoms with Gasteiger partial charge in [0.2, 0.25) is 11.6 Å². The minimum Gasteiger partial charge on any atom is -0.443 e. The third-order valence-electron chi connectivity index (χ3n) is 8.15. The summed E-state index contributed by atoms with van der Waals surface area (Å²) in [6, 6.07) is 0. The molecule has 1 fully saturated rings. The van der Waals surface area contributed by atoms with Crippen LogP contribution >= 0.6 is 0 Å². The fraction of sp³-hybridized carbons (Fsp3) is 0.531. The average Bonchev–Trinajstić information content (AvgIpc) is 2.94. The number of rotatable bonds is 5. The summed E-state index contributed by atoms with van der Waals surface area (Å²) in [6.07, 6.45) is 3.61. The number of nitrogens with zero attached hydrogens (tertiary/aromatic N) is 1. The van der Waals surface area contributed by atoms with Crippen molar-refractivity contribution in [2.24, 2.45) is 23.3 Å². The van der Waals surface area contributed by atoms with Crippen LogP contribution in [0.25, 0.3) is 0 Å². The number of carbonyl (C=O) groups excluding carboxylic acids is 5. The molecule has 3 aliphatic rings. The Bertz CT molecular complexity index is 1340. The van der Waals surface area contributed by atoms with E-state index in [1.165, 1.54) is 26.4 Å². The van der Waals surface area contributed by atoms with Gasteiger partial charge in [-0.2, -0.15) is 0 Å². The molecule has 3 amide bonds. The standard InChI is InChI=1S/C32H44N4O9/c1-17-13-21-26(36-11-8-12-36)23(37)16-22(27(21)38)35-30(39)18(2)9-7-10-24(42-5)28(44-31(33)40)19(3)15-20(4)29(45-32(34)41)25(14-17)43-6/h7,9-10,15-17,20,24-25,28-29H,8,11-14H2,1-6H3,(H2,33,40)(H2,34,41)(H,35,39)/b10-7-,18-9+,19-15+/t17-,20+,24?,25+,28+,29?/m1/s1. The van der Waals surface area contributed by atoms with E-state index in [2.05, 4.69) is 5.32 Å². The van der Waals surface area contributed by atoms with Gasteiger partial charge in [-0.25, -0.2) is 9.59 Å². The predicted octanol–water partition coefficient (Wildman–Crippen LogP) is 2.57. The third-order valence-corrected chi connectivity index (χ3v) is 8.15. The highest BCUT2D eigenvalue weighted by Gasteiger charge is 2.37. The maximum absolute atomic E-state index is 13.8. The number of nitrogens with one attached hydrogen (secondary N) is 1. The fourth-order valence-electron chi connectivity index (χ4n) is 5.76. The predicted molar refractivity (Wildman–Crippen MR) is 164 cm³/mol. The number of ether oxygens (including phenoxy) is 4. The second-order valence-electron chi connectivity index (χ2n) is 11.7. The Morgan fingerprint density at radius 2 is 1.67 bits per heavy atom. The molecular weight excluding hydrogens is 584 g/mol. The number of hydrogen-bond acceptors (Lipinski definition) is 10. The van der Waals surface area contributed by atoms with Gasteiger partial charge in [0.1, 0.15) is 12.2 Å². The zero-order valence-electron chi connectivity index (χ0n) is 26.7. The molecule has 0 aromatic heterocycles. The van der Waals surface area contributed by atoms with Crippen molar-refractivity contribution in [2.45, 2.75) is 71.4 Å². The van der Waals surface area contributed by atoms with Crippen molar-refractivity contribution < 1.29 is 42.9 Å². The van der Waals surface area contributed by atoms with Crippen LogP contribution in [0.2, 0.25) is 0 Å². The zero-order chi connectivity index (χ0) is 33.4. The fourth-order valence-corrected chi connectivity index (χ4v) is 5.76. The summed E-state index contributed by atoms with van der Waals surface area (Å²) in [5.41, 5.74) is 12.2. The molecule has 13 nitrogen and oxygen atoms in total. The van der Waals surface area contributed by atoms with E-state index in [4.69, 9.17) is 30.4 Å². The Balaban J connectivity index is 2.13. The SMILES string of the molecule is COC1/C=C\C=C(/C)C(=O)NC2=CC(=O)C(N3CCC3)=C(C[C@@H](C)C[C@H](OC)C(OC(N)=O)[C@@H](C)/C=C(\C)[C@@H]1OC(N)=O)C2=O. The van der Waals surface area contributed by atoms with Crippen LogP contribution in [0.15, 0.2) is 58.5 Å². The highest BCUT2D eigenvalue weighted by atomic mass is 16.6. The largest absolute Gasteiger partial charge is 0.443 e. The Labute approximate surface area is 263 Å². The van der Waals surface area contributed by atoms with E-state index in [0.717, 1.165) is 6.42 Å². The van der Waals surface area contributed by atoms with Gasteiger partial charge >= 0.3 is 12.2 Å². The summed E-state index contributed by atoms with van der Waals surface area (Å²) in [4.78, 5) is 65.9. The van der Waals surface area contributed by atoms with Crippen LogP contribution in [-0.2, 0) is 33.3 Å². The van der Waals surface area contributed by atoms with E-state index in [-0.39, 0.29) is 29.4 Å². The van der Waals surface area contributed by atoms with Crippen molar-refractivity contribution in [3.05, 3.63) is 58.5 Å². The molecule has 1 saturated heterocycles. The number of ketones is 2. The van der Waals surface area contributed by atoms with Gasteiger partial charge in [-0.05, 0) is 44.6 Å². The van der Waals surface area contributed by atoms with Crippen LogP contribution in [0.1, 0.15) is 47.0 Å². The second-order valence-corrected chi connectivity index (χ2v) is 11.7. The minimum absolute atomic E-state index is 0.109. The quantitative estimate of drug-likeness (QED) is 0.301. The molecule has 0 spiro atoms. The topological polar surface area (TPSA) is 190 Å². The number of nitrogens with two attached hydrogens (primary N) is 2.